The zero-order valence-corrected chi connectivity index (χ0v) is 22.5. The molecule has 1 unspecified atom stereocenters. The van der Waals surface area contributed by atoms with Gasteiger partial charge in [0, 0.05) is 18.6 Å². The lowest BCUT2D eigenvalue weighted by Crippen LogP contribution is -2.18. The van der Waals surface area contributed by atoms with Crippen LogP contribution in [-0.4, -0.2) is 56.0 Å². The van der Waals surface area contributed by atoms with E-state index in [0.29, 0.717) is 12.9 Å². The van der Waals surface area contributed by atoms with Crippen LogP contribution >= 0.6 is 0 Å². The SMILES string of the molecule is C=C(C=O)CO.C=C(CO)C(=O)OCC(COC)c1ccc(-c2ccc(CCCCC)cc2)c(CC)c1. The fourth-order valence-electron chi connectivity index (χ4n) is 3.69. The van der Waals surface area contributed by atoms with Crippen LogP contribution in [0, 0.1) is 0 Å². The van der Waals surface area contributed by atoms with Crippen molar-refractivity contribution in [3.63, 3.8) is 0 Å². The van der Waals surface area contributed by atoms with Gasteiger partial charge in [-0.3, -0.25) is 4.79 Å². The lowest BCUT2D eigenvalue weighted by Gasteiger charge is -2.19. The molecule has 0 amide bonds. The second-order valence-corrected chi connectivity index (χ2v) is 8.87. The van der Waals surface area contributed by atoms with Crippen LogP contribution in [-0.2, 0) is 31.9 Å². The molecule has 37 heavy (non-hydrogen) atoms. The summed E-state index contributed by atoms with van der Waals surface area (Å²) < 4.78 is 10.7. The summed E-state index contributed by atoms with van der Waals surface area (Å²) in [5.74, 6) is -0.657. The number of benzene rings is 2. The van der Waals surface area contributed by atoms with Gasteiger partial charge in [0.2, 0.25) is 0 Å². The first kappa shape index (κ1) is 32.0. The maximum absolute atomic E-state index is 11.9. The van der Waals surface area contributed by atoms with E-state index in [1.807, 2.05) is 0 Å². The Kier molecular flexibility index (Phi) is 15.7. The van der Waals surface area contributed by atoms with Crippen molar-refractivity contribution in [3.8, 4) is 11.1 Å². The van der Waals surface area contributed by atoms with Crippen molar-refractivity contribution in [2.45, 2.75) is 51.9 Å². The highest BCUT2D eigenvalue weighted by Gasteiger charge is 2.17. The Morgan fingerprint density at radius 1 is 1.00 bits per heavy atom. The average Bonchev–Trinajstić information content (AvgIpc) is 2.94. The second-order valence-electron chi connectivity index (χ2n) is 8.87. The van der Waals surface area contributed by atoms with Crippen LogP contribution in [0.25, 0.3) is 11.1 Å². The number of methoxy groups -OCH3 is 1. The molecule has 6 nitrogen and oxygen atoms in total. The standard InChI is InChI=1S/C27H36O4.C4H6O2/c1-5-7-8-9-21-10-12-23(13-11-21)26-15-14-24(16-22(26)6-2)25(18-30-4)19-31-27(29)20(3)17-28;1-4(2-5)3-6/h10-16,25,28H,3,5-9,17-19H2,1-2,4H3;2,6H,1,3H2. The van der Waals surface area contributed by atoms with Crippen molar-refractivity contribution in [2.75, 3.05) is 33.5 Å². The quantitative estimate of drug-likeness (QED) is 0.148. The lowest BCUT2D eigenvalue weighted by molar-refractivity contribution is -0.140. The summed E-state index contributed by atoms with van der Waals surface area (Å²) in [6, 6.07) is 15.3. The van der Waals surface area contributed by atoms with Crippen molar-refractivity contribution in [1.82, 2.24) is 0 Å². The molecule has 0 aliphatic carbocycles. The molecule has 2 rings (SSSR count). The van der Waals surface area contributed by atoms with E-state index in [-0.39, 0.29) is 30.3 Å². The highest BCUT2D eigenvalue weighted by atomic mass is 16.5. The highest BCUT2D eigenvalue weighted by molar-refractivity contribution is 5.87. The zero-order valence-electron chi connectivity index (χ0n) is 22.5. The maximum atomic E-state index is 11.9. The van der Waals surface area contributed by atoms with Crippen molar-refractivity contribution in [2.24, 2.45) is 0 Å². The summed E-state index contributed by atoms with van der Waals surface area (Å²) >= 11 is 0. The van der Waals surface area contributed by atoms with Crippen LogP contribution in [0.5, 0.6) is 0 Å². The van der Waals surface area contributed by atoms with Crippen LogP contribution in [0.3, 0.4) is 0 Å². The predicted molar refractivity (Wildman–Crippen MR) is 149 cm³/mol. The van der Waals surface area contributed by atoms with Gasteiger partial charge in [0.15, 0.2) is 0 Å². The number of ether oxygens (including phenoxy) is 2. The Balaban J connectivity index is 0.00000102. The number of aryl methyl sites for hydroxylation is 2. The lowest BCUT2D eigenvalue weighted by atomic mass is 9.91. The molecule has 0 saturated carbocycles. The Bertz CT molecular complexity index is 993. The number of aliphatic hydroxyl groups is 2. The molecule has 0 fully saturated rings. The summed E-state index contributed by atoms with van der Waals surface area (Å²) in [6.45, 7) is 11.1. The molecule has 0 spiro atoms. The molecule has 0 bridgehead atoms. The third-order valence-corrected chi connectivity index (χ3v) is 5.95. The number of unbranched alkanes of at least 4 members (excludes halogenated alkanes) is 2. The molecule has 0 saturated heterocycles. The van der Waals surface area contributed by atoms with Gasteiger partial charge in [0.05, 0.1) is 25.4 Å². The van der Waals surface area contributed by atoms with Gasteiger partial charge in [0.1, 0.15) is 12.9 Å². The van der Waals surface area contributed by atoms with Gasteiger partial charge in [-0.25, -0.2) is 4.79 Å². The van der Waals surface area contributed by atoms with E-state index in [4.69, 9.17) is 19.7 Å². The number of hydrogen-bond donors (Lipinski definition) is 2. The molecule has 0 heterocycles. The van der Waals surface area contributed by atoms with Crippen molar-refractivity contribution >= 4 is 12.3 Å². The van der Waals surface area contributed by atoms with Crippen molar-refractivity contribution in [3.05, 3.63) is 83.5 Å². The number of carbonyl (C=O) groups excluding carboxylic acids is 2. The summed E-state index contributed by atoms with van der Waals surface area (Å²) in [7, 11) is 1.64. The highest BCUT2D eigenvalue weighted by Crippen LogP contribution is 2.29. The van der Waals surface area contributed by atoms with E-state index in [2.05, 4.69) is 69.5 Å². The Hall–Kier alpha value is -3.06. The van der Waals surface area contributed by atoms with E-state index in [1.165, 1.54) is 41.5 Å². The Morgan fingerprint density at radius 3 is 2.22 bits per heavy atom. The van der Waals surface area contributed by atoms with Crippen LogP contribution in [0.15, 0.2) is 66.8 Å². The largest absolute Gasteiger partial charge is 0.462 e. The predicted octanol–water partition coefficient (Wildman–Crippen LogP) is 5.20. The number of aldehydes is 1. The minimum absolute atomic E-state index is 0.0545. The molecule has 2 aromatic carbocycles. The van der Waals surface area contributed by atoms with Gasteiger partial charge in [-0.05, 0) is 47.1 Å². The average molecular weight is 511 g/mol. The first-order valence-corrected chi connectivity index (χ1v) is 12.8. The van der Waals surface area contributed by atoms with E-state index in [0.717, 1.165) is 18.4 Å². The van der Waals surface area contributed by atoms with E-state index in [9.17, 15) is 9.59 Å². The zero-order chi connectivity index (χ0) is 27.6. The van der Waals surface area contributed by atoms with E-state index >= 15 is 0 Å². The molecule has 0 aliphatic heterocycles. The molecule has 0 radical (unpaired) electrons. The summed E-state index contributed by atoms with van der Waals surface area (Å²) in [6.07, 6.45) is 6.32. The molecule has 2 aromatic rings. The summed E-state index contributed by atoms with van der Waals surface area (Å²) in [5.41, 5.74) is 6.43. The van der Waals surface area contributed by atoms with Crippen LogP contribution in [0.2, 0.25) is 0 Å². The molecule has 0 aromatic heterocycles. The number of hydrogen-bond acceptors (Lipinski definition) is 6. The Labute approximate surface area is 221 Å². The van der Waals surface area contributed by atoms with Gasteiger partial charge in [0.25, 0.3) is 0 Å². The van der Waals surface area contributed by atoms with Crippen LogP contribution < -0.4 is 0 Å². The normalized spacial score (nSPS) is 11.2. The molecule has 1 atom stereocenters. The van der Waals surface area contributed by atoms with E-state index < -0.39 is 12.6 Å². The summed E-state index contributed by atoms with van der Waals surface area (Å²) in [4.78, 5) is 21.3. The molecular formula is C31H42O6. The van der Waals surface area contributed by atoms with Crippen molar-refractivity contribution < 1.29 is 29.3 Å². The number of esters is 1. The molecule has 2 N–H and O–H groups in total. The number of rotatable bonds is 15. The fourth-order valence-corrected chi connectivity index (χ4v) is 3.69. The minimum Gasteiger partial charge on any atom is -0.462 e. The smallest absolute Gasteiger partial charge is 0.335 e. The fraction of sp³-hybridized carbons (Fsp3) is 0.419. The van der Waals surface area contributed by atoms with Gasteiger partial charge >= 0.3 is 5.97 Å². The van der Waals surface area contributed by atoms with Gasteiger partial charge < -0.3 is 19.7 Å². The molecule has 6 heteroatoms. The second kappa shape index (κ2) is 18.2. The maximum Gasteiger partial charge on any atom is 0.335 e. The van der Waals surface area contributed by atoms with Crippen molar-refractivity contribution in [1.29, 1.82) is 0 Å². The van der Waals surface area contributed by atoms with Crippen LogP contribution in [0.1, 0.15) is 55.7 Å². The number of aliphatic hydroxyl groups excluding tert-OH is 2. The third kappa shape index (κ3) is 11.3. The van der Waals surface area contributed by atoms with Gasteiger partial charge in [-0.15, -0.1) is 0 Å². The first-order valence-electron chi connectivity index (χ1n) is 12.8. The summed E-state index contributed by atoms with van der Waals surface area (Å²) in [5, 5.41) is 17.0. The third-order valence-electron chi connectivity index (χ3n) is 5.95. The Morgan fingerprint density at radius 2 is 1.70 bits per heavy atom. The monoisotopic (exact) mass is 510 g/mol. The minimum atomic E-state index is -0.574. The van der Waals surface area contributed by atoms with Gasteiger partial charge in [-0.2, -0.15) is 0 Å². The number of carbonyl (C=O) groups is 2. The van der Waals surface area contributed by atoms with Gasteiger partial charge in [-0.1, -0.05) is 82.3 Å². The first-order chi connectivity index (χ1) is 17.8. The molecular weight excluding hydrogens is 468 g/mol. The van der Waals surface area contributed by atoms with Crippen LogP contribution in [0.4, 0.5) is 0 Å². The molecule has 0 aliphatic rings. The topological polar surface area (TPSA) is 93.1 Å². The molecule has 202 valence electrons. The van der Waals surface area contributed by atoms with E-state index in [1.54, 1.807) is 7.11 Å².